The van der Waals surface area contributed by atoms with Gasteiger partial charge in [0.2, 0.25) is 0 Å². The quantitative estimate of drug-likeness (QED) is 0.895. The lowest BCUT2D eigenvalue weighted by Gasteiger charge is -2.02. The first kappa shape index (κ1) is 12.1. The summed E-state index contributed by atoms with van der Waals surface area (Å²) in [6, 6.07) is 0. The summed E-state index contributed by atoms with van der Waals surface area (Å²) in [5.41, 5.74) is 0.938. The zero-order valence-corrected chi connectivity index (χ0v) is 10.9. The summed E-state index contributed by atoms with van der Waals surface area (Å²) in [7, 11) is 0. The number of aromatic nitrogens is 2. The summed E-state index contributed by atoms with van der Waals surface area (Å²) < 4.78 is 0. The molecular formula is C11H12ClN3OS. The van der Waals surface area contributed by atoms with E-state index >= 15 is 0 Å². The first-order valence-electron chi connectivity index (χ1n) is 5.18. The second-order valence-corrected chi connectivity index (χ2v) is 4.86. The van der Waals surface area contributed by atoms with Gasteiger partial charge >= 0.3 is 0 Å². The van der Waals surface area contributed by atoms with Gasteiger partial charge in [-0.25, -0.2) is 4.98 Å². The smallest absolute Gasteiger partial charge is 0.262 e. The fourth-order valence-electron chi connectivity index (χ4n) is 1.39. The van der Waals surface area contributed by atoms with Gasteiger partial charge in [0.25, 0.3) is 5.91 Å². The van der Waals surface area contributed by atoms with Crippen LogP contribution < -0.4 is 5.32 Å². The van der Waals surface area contributed by atoms with Gasteiger partial charge in [-0.15, -0.1) is 11.3 Å². The molecule has 0 bridgehead atoms. The summed E-state index contributed by atoms with van der Waals surface area (Å²) in [6.45, 7) is 2.43. The number of halogens is 1. The molecule has 4 nitrogen and oxygen atoms in total. The van der Waals surface area contributed by atoms with Crippen molar-refractivity contribution in [3.8, 4) is 0 Å². The van der Waals surface area contributed by atoms with Gasteiger partial charge in [0.1, 0.15) is 10.7 Å². The average Bonchev–Trinajstić information content (AvgIpc) is 2.91. The van der Waals surface area contributed by atoms with Gasteiger partial charge < -0.3 is 10.3 Å². The van der Waals surface area contributed by atoms with Crippen LogP contribution in [0.4, 0.5) is 0 Å². The summed E-state index contributed by atoms with van der Waals surface area (Å²) in [6.07, 6.45) is 4.13. The van der Waals surface area contributed by atoms with Crippen LogP contribution in [0.15, 0.2) is 17.8 Å². The van der Waals surface area contributed by atoms with Crippen LogP contribution in [0.3, 0.4) is 0 Å². The molecule has 0 saturated heterocycles. The molecule has 0 atom stereocenters. The third-order valence-electron chi connectivity index (χ3n) is 2.31. The largest absolute Gasteiger partial charge is 0.351 e. The average molecular weight is 270 g/mol. The van der Waals surface area contributed by atoms with E-state index in [-0.39, 0.29) is 5.91 Å². The van der Waals surface area contributed by atoms with E-state index in [1.54, 1.807) is 12.4 Å². The van der Waals surface area contributed by atoms with Gasteiger partial charge in [-0.1, -0.05) is 11.6 Å². The fraction of sp³-hybridized carbons (Fsp3) is 0.273. The van der Waals surface area contributed by atoms with Crippen LogP contribution in [0, 0.1) is 6.92 Å². The number of amides is 1. The van der Waals surface area contributed by atoms with E-state index < -0.39 is 0 Å². The zero-order valence-electron chi connectivity index (χ0n) is 9.29. The highest BCUT2D eigenvalue weighted by Crippen LogP contribution is 2.26. The van der Waals surface area contributed by atoms with Crippen molar-refractivity contribution in [2.45, 2.75) is 13.3 Å². The Bertz CT molecular complexity index is 507. The Balaban J connectivity index is 1.87. The highest BCUT2D eigenvalue weighted by molar-refractivity contribution is 7.13. The van der Waals surface area contributed by atoms with E-state index in [0.717, 1.165) is 11.4 Å². The number of carbonyl (C=O) groups excluding carboxylic acids is 1. The minimum absolute atomic E-state index is 0.125. The highest BCUT2D eigenvalue weighted by atomic mass is 35.5. The van der Waals surface area contributed by atoms with E-state index in [4.69, 9.17) is 11.6 Å². The van der Waals surface area contributed by atoms with Crippen LogP contribution in [0.25, 0.3) is 0 Å². The number of H-pyrrole nitrogens is 1. The maximum Gasteiger partial charge on any atom is 0.262 e. The number of carbonyl (C=O) groups is 1. The molecule has 0 fully saturated rings. The molecule has 90 valence electrons. The molecule has 0 saturated carbocycles. The molecule has 0 spiro atoms. The minimum atomic E-state index is -0.125. The lowest BCUT2D eigenvalue weighted by atomic mass is 10.3. The Hall–Kier alpha value is -1.33. The molecule has 17 heavy (non-hydrogen) atoms. The third kappa shape index (κ3) is 2.87. The Morgan fingerprint density at radius 3 is 3.06 bits per heavy atom. The molecule has 0 radical (unpaired) electrons. The topological polar surface area (TPSA) is 57.8 Å². The molecule has 2 N–H and O–H groups in total. The fourth-order valence-corrected chi connectivity index (χ4v) is 2.59. The van der Waals surface area contributed by atoms with Gasteiger partial charge in [0.05, 0.1) is 5.02 Å². The molecule has 0 aromatic carbocycles. The third-order valence-corrected chi connectivity index (χ3v) is 4.00. The molecule has 2 rings (SSSR count). The van der Waals surface area contributed by atoms with Crippen molar-refractivity contribution in [1.29, 1.82) is 0 Å². The first-order chi connectivity index (χ1) is 8.18. The summed E-state index contributed by atoms with van der Waals surface area (Å²) >= 11 is 7.38. The van der Waals surface area contributed by atoms with Crippen molar-refractivity contribution in [3.63, 3.8) is 0 Å². The monoisotopic (exact) mass is 269 g/mol. The Morgan fingerprint density at radius 1 is 1.65 bits per heavy atom. The van der Waals surface area contributed by atoms with E-state index in [2.05, 4.69) is 15.3 Å². The lowest BCUT2D eigenvalue weighted by molar-refractivity contribution is 0.0958. The molecule has 0 aliphatic carbocycles. The number of nitrogens with zero attached hydrogens (tertiary/aromatic N) is 1. The van der Waals surface area contributed by atoms with Crippen molar-refractivity contribution >= 4 is 28.8 Å². The van der Waals surface area contributed by atoms with Crippen molar-refractivity contribution in [3.05, 3.63) is 39.1 Å². The normalized spacial score (nSPS) is 10.5. The van der Waals surface area contributed by atoms with Gasteiger partial charge in [-0.05, 0) is 17.9 Å². The number of aromatic amines is 1. The Labute approximate surface area is 108 Å². The van der Waals surface area contributed by atoms with Gasteiger partial charge in [-0.3, -0.25) is 4.79 Å². The van der Waals surface area contributed by atoms with Crippen LogP contribution >= 0.6 is 22.9 Å². The highest BCUT2D eigenvalue weighted by Gasteiger charge is 2.13. The van der Waals surface area contributed by atoms with Gasteiger partial charge in [0.15, 0.2) is 0 Å². The number of thiophene rings is 1. The SMILES string of the molecule is Cc1csc(C(=O)NCCc2ncc[nH]2)c1Cl. The van der Waals surface area contributed by atoms with E-state index in [1.165, 1.54) is 11.3 Å². The lowest BCUT2D eigenvalue weighted by Crippen LogP contribution is -2.25. The molecule has 0 aliphatic rings. The summed E-state index contributed by atoms with van der Waals surface area (Å²) in [4.78, 5) is 19.4. The van der Waals surface area contributed by atoms with Crippen LogP contribution in [0.5, 0.6) is 0 Å². The number of nitrogens with one attached hydrogen (secondary N) is 2. The standard InChI is InChI=1S/C11H12ClN3OS/c1-7-6-17-10(9(7)12)11(16)15-3-2-8-13-4-5-14-8/h4-6H,2-3H2,1H3,(H,13,14)(H,15,16). The molecule has 6 heteroatoms. The predicted octanol–water partition coefficient (Wildman–Crippen LogP) is 2.41. The van der Waals surface area contributed by atoms with Crippen LogP contribution in [0.1, 0.15) is 21.1 Å². The van der Waals surface area contributed by atoms with Crippen LogP contribution in [0.2, 0.25) is 5.02 Å². The number of hydrogen-bond donors (Lipinski definition) is 2. The van der Waals surface area contributed by atoms with E-state index in [9.17, 15) is 4.79 Å². The van der Waals surface area contributed by atoms with Gasteiger partial charge in [-0.2, -0.15) is 0 Å². The van der Waals surface area contributed by atoms with E-state index in [0.29, 0.717) is 22.9 Å². The molecule has 1 amide bonds. The number of rotatable bonds is 4. The van der Waals surface area contributed by atoms with Crippen molar-refractivity contribution in [2.75, 3.05) is 6.54 Å². The first-order valence-corrected chi connectivity index (χ1v) is 6.44. The molecule has 2 heterocycles. The molecule has 0 unspecified atom stereocenters. The molecule has 2 aromatic rings. The van der Waals surface area contributed by atoms with Crippen molar-refractivity contribution in [1.82, 2.24) is 15.3 Å². The van der Waals surface area contributed by atoms with E-state index in [1.807, 2.05) is 12.3 Å². The van der Waals surface area contributed by atoms with Crippen LogP contribution in [-0.2, 0) is 6.42 Å². The molecule has 2 aromatic heterocycles. The summed E-state index contributed by atoms with van der Waals surface area (Å²) in [5.74, 6) is 0.735. The Morgan fingerprint density at radius 2 is 2.47 bits per heavy atom. The van der Waals surface area contributed by atoms with Gasteiger partial charge in [0, 0.05) is 25.4 Å². The number of aryl methyl sites for hydroxylation is 1. The second kappa shape index (κ2) is 5.33. The van der Waals surface area contributed by atoms with Crippen molar-refractivity contribution < 1.29 is 4.79 Å². The summed E-state index contributed by atoms with van der Waals surface area (Å²) in [5, 5.41) is 5.24. The second-order valence-electron chi connectivity index (χ2n) is 3.60. The van der Waals surface area contributed by atoms with Crippen molar-refractivity contribution in [2.24, 2.45) is 0 Å². The maximum absolute atomic E-state index is 11.8. The maximum atomic E-state index is 11.8. The minimum Gasteiger partial charge on any atom is -0.351 e. The predicted molar refractivity (Wildman–Crippen MR) is 68.7 cm³/mol. The Kier molecular flexibility index (Phi) is 3.81. The van der Waals surface area contributed by atoms with Crippen LogP contribution in [-0.4, -0.2) is 22.4 Å². The number of hydrogen-bond acceptors (Lipinski definition) is 3. The number of imidazole rings is 1. The molecule has 0 aliphatic heterocycles. The zero-order chi connectivity index (χ0) is 12.3. The molecular weight excluding hydrogens is 258 g/mol.